The number of sulfonamides is 2. The zero-order valence-electron chi connectivity index (χ0n) is 70.3. The second-order valence-corrected chi connectivity index (χ2v) is 39.5. The maximum Gasteiger partial charge on any atom is 0.277 e. The summed E-state index contributed by atoms with van der Waals surface area (Å²) in [7, 11) is -9.21. The number of amides is 2. The molecule has 0 bridgehead atoms. The Morgan fingerprint density at radius 1 is 0.540 bits per heavy atom. The van der Waals surface area contributed by atoms with Gasteiger partial charge in [-0.05, 0) is 196 Å². The van der Waals surface area contributed by atoms with Crippen LogP contribution in [0.5, 0.6) is 34.5 Å². The lowest BCUT2D eigenvalue weighted by Crippen LogP contribution is -2.47. The molecular formula is C93H103Cl2N13O14S2. The predicted octanol–water partition coefficient (Wildman–Crippen LogP) is 18.0. The third-order valence-corrected chi connectivity index (χ3v) is 28.2. The first-order valence-electron chi connectivity index (χ1n) is 42.7. The highest BCUT2D eigenvalue weighted by molar-refractivity contribution is 7.90. The van der Waals surface area contributed by atoms with Crippen molar-refractivity contribution < 1.29 is 55.2 Å². The van der Waals surface area contributed by atoms with Crippen LogP contribution in [0.4, 0.5) is 22.7 Å². The van der Waals surface area contributed by atoms with E-state index in [0.717, 1.165) is 194 Å². The van der Waals surface area contributed by atoms with Crippen LogP contribution in [-0.4, -0.2) is 171 Å². The van der Waals surface area contributed by atoms with Crippen molar-refractivity contribution >= 4 is 111 Å². The van der Waals surface area contributed by atoms with Gasteiger partial charge < -0.3 is 43.6 Å². The Kier molecular flexibility index (Phi) is 25.6. The number of aromatic amines is 2. The van der Waals surface area contributed by atoms with Crippen LogP contribution in [-0.2, 0) is 32.9 Å². The average Bonchev–Trinajstić information content (AvgIpc) is 0.817. The van der Waals surface area contributed by atoms with E-state index in [4.69, 9.17) is 42.1 Å². The zero-order valence-corrected chi connectivity index (χ0v) is 73.4. The normalized spacial score (nSPS) is 18.9. The first-order chi connectivity index (χ1) is 59.5. The van der Waals surface area contributed by atoms with Crippen LogP contribution in [0.3, 0.4) is 0 Å². The number of pyridine rings is 2. The van der Waals surface area contributed by atoms with E-state index in [9.17, 15) is 46.7 Å². The van der Waals surface area contributed by atoms with Gasteiger partial charge in [0.05, 0.1) is 67.5 Å². The largest absolute Gasteiger partial charge is 0.493 e. The molecule has 2 atom stereocenters. The highest BCUT2D eigenvalue weighted by Gasteiger charge is 2.38. The number of ether oxygens (including phenoxy) is 4. The summed E-state index contributed by atoms with van der Waals surface area (Å²) >= 11 is 12.5. The smallest absolute Gasteiger partial charge is 0.277 e. The van der Waals surface area contributed by atoms with E-state index in [-0.39, 0.29) is 68.2 Å². The Balaban J connectivity index is 0.000000184. The number of piperazine rings is 2. The summed E-state index contributed by atoms with van der Waals surface area (Å²) in [5.74, 6) is -0.556. The number of nitro benzene ring substituents is 2. The van der Waals surface area contributed by atoms with Gasteiger partial charge in [-0.3, -0.25) is 39.6 Å². The highest BCUT2D eigenvalue weighted by atomic mass is 35.5. The molecule has 7 aliphatic rings. The van der Waals surface area contributed by atoms with Gasteiger partial charge in [0.2, 0.25) is 0 Å². The molecule has 4 aromatic heterocycles. The van der Waals surface area contributed by atoms with E-state index in [2.05, 4.69) is 106 Å². The quantitative estimate of drug-likeness (QED) is 0.0322. The van der Waals surface area contributed by atoms with Crippen LogP contribution < -0.4 is 38.2 Å². The molecule has 3 saturated heterocycles. The summed E-state index contributed by atoms with van der Waals surface area (Å²) in [6.07, 6.45) is 18.9. The second-order valence-electron chi connectivity index (χ2n) is 35.3. The molecule has 2 aliphatic carbocycles. The van der Waals surface area contributed by atoms with Gasteiger partial charge in [-0.25, -0.2) is 36.2 Å². The van der Waals surface area contributed by atoms with Crippen LogP contribution in [0.25, 0.3) is 33.2 Å². The third-order valence-electron chi connectivity index (χ3n) is 25.1. The van der Waals surface area contributed by atoms with Crippen LogP contribution in [0, 0.1) is 42.9 Å². The number of nitrogens with zero attached hydrogens (tertiary/aromatic N) is 9. The molecule has 27 nitrogen and oxygen atoms in total. The van der Waals surface area contributed by atoms with Gasteiger partial charge in [0, 0.05) is 159 Å². The molecule has 2 amide bonds. The Morgan fingerprint density at radius 3 is 1.40 bits per heavy atom. The number of anilines is 2. The number of hydrogen-bond acceptors (Lipinski definition) is 21. The molecular weight excluding hydrogens is 1660 g/mol. The molecule has 0 radical (unpaired) electrons. The fraction of sp³-hybridized carbons (Fsp3) is 0.398. The van der Waals surface area contributed by atoms with E-state index in [0.29, 0.717) is 60.0 Å². The number of rotatable bonds is 24. The van der Waals surface area contributed by atoms with Gasteiger partial charge in [0.15, 0.2) is 0 Å². The van der Waals surface area contributed by atoms with Crippen molar-refractivity contribution in [3.8, 4) is 34.5 Å². The molecule has 5 aliphatic heterocycles. The highest BCUT2D eigenvalue weighted by Crippen LogP contribution is 2.47. The fourth-order valence-corrected chi connectivity index (χ4v) is 20.5. The number of likely N-dealkylation sites (tertiary alicyclic amines) is 1. The molecule has 10 aromatic rings. The van der Waals surface area contributed by atoms with Crippen LogP contribution >= 0.6 is 23.2 Å². The van der Waals surface area contributed by atoms with Gasteiger partial charge in [-0.1, -0.05) is 106 Å². The number of benzene rings is 6. The summed E-state index contributed by atoms with van der Waals surface area (Å²) in [6, 6.07) is 38.3. The summed E-state index contributed by atoms with van der Waals surface area (Å²) in [5, 5.41) is 27.6. The minimum atomic E-state index is -4.61. The lowest BCUT2D eigenvalue weighted by Gasteiger charge is -2.39. The number of piperidine rings is 1. The number of carbonyl (C=O) groups excluding carboxylic acids is 2. The SMILES string of the molecule is CC1(C)CCC(CN2CCN(c3ccc(C(=O)NS(=O)(=O)c4cc5c(c([N+](=O)[O-])c4)C[C@@H](CN4CCCCC4)CO5)c(Oc4cnc5[nH]ccc5c4)c3)CC2)=C(c2ccc(Cl)cc2)C1.CCC[C@@H]1COc2cc(S(=O)(=O)NC(=O)c3ccc(N4CCN(CC5=C(c6ccc(Cl)cc6)CC(C)(C)CC5)CC4)cc3Oc3cnc4[nH]ccc4c3)cc([N+](=O)[O-])c2C1. The fourth-order valence-electron chi connectivity index (χ4n) is 18.3. The topological polar surface area (TPSA) is 323 Å². The molecule has 17 rings (SSSR count). The summed E-state index contributed by atoms with van der Waals surface area (Å²) in [6.45, 7) is 22.7. The van der Waals surface area contributed by atoms with Crippen LogP contribution in [0.15, 0.2) is 179 Å². The lowest BCUT2D eigenvalue weighted by atomic mass is 9.72. The monoisotopic (exact) mass is 1760 g/mol. The number of hydrogen-bond donors (Lipinski definition) is 4. The van der Waals surface area contributed by atoms with Gasteiger partial charge in [0.1, 0.15) is 45.8 Å². The van der Waals surface area contributed by atoms with E-state index >= 15 is 0 Å². The summed E-state index contributed by atoms with van der Waals surface area (Å²) < 4.78 is 84.2. The van der Waals surface area contributed by atoms with Gasteiger partial charge in [-0.2, -0.15) is 0 Å². The first kappa shape index (κ1) is 86.6. The average molecular weight is 1760 g/mol. The molecule has 0 saturated carbocycles. The Morgan fingerprint density at radius 2 is 0.968 bits per heavy atom. The number of carbonyl (C=O) groups is 2. The number of H-pyrrole nitrogens is 2. The summed E-state index contributed by atoms with van der Waals surface area (Å²) in [4.78, 5) is 77.2. The molecule has 9 heterocycles. The molecule has 650 valence electrons. The third kappa shape index (κ3) is 20.2. The van der Waals surface area contributed by atoms with E-state index in [1.807, 2.05) is 43.3 Å². The lowest BCUT2D eigenvalue weighted by molar-refractivity contribution is -0.386. The molecule has 31 heteroatoms. The zero-order chi connectivity index (χ0) is 86.8. The molecule has 4 N–H and O–H groups in total. The molecule has 124 heavy (non-hydrogen) atoms. The Labute approximate surface area is 731 Å². The van der Waals surface area contributed by atoms with Gasteiger partial charge in [0.25, 0.3) is 43.2 Å². The van der Waals surface area contributed by atoms with Crippen LogP contribution in [0.2, 0.25) is 10.0 Å². The van der Waals surface area contributed by atoms with Crippen molar-refractivity contribution in [3.63, 3.8) is 0 Å². The second kappa shape index (κ2) is 36.7. The Hall–Kier alpha value is -10.9. The van der Waals surface area contributed by atoms with E-state index in [1.165, 1.54) is 64.4 Å². The Bertz CT molecular complexity index is 6020. The number of fused-ring (bicyclic) bond motifs is 4. The first-order valence-corrected chi connectivity index (χ1v) is 46.4. The molecule has 0 unspecified atom stereocenters. The minimum absolute atomic E-state index is 0.0332. The number of nitro groups is 2. The van der Waals surface area contributed by atoms with Crippen molar-refractivity contribution in [2.24, 2.45) is 22.7 Å². The van der Waals surface area contributed by atoms with Gasteiger partial charge in [-0.15, -0.1) is 0 Å². The summed E-state index contributed by atoms with van der Waals surface area (Å²) in [5.41, 5.74) is 11.6. The van der Waals surface area contributed by atoms with E-state index in [1.54, 1.807) is 60.9 Å². The van der Waals surface area contributed by atoms with Gasteiger partial charge >= 0.3 is 0 Å². The number of halogens is 2. The number of allylic oxidation sites excluding steroid dienone is 2. The molecule has 3 fully saturated rings. The standard InChI is InChI=1S/C48H54ClN7O7S.C45H49ClN6O7S/c1-48(2)14-12-35(42(27-48)33-6-8-36(49)9-7-33)30-54-18-20-55(21-19-54)37-10-11-40(45(24-37)63-38-23-34-13-15-50-46(34)51-28-38)47(57)52-64(60,61)39-25-43(56(58)59)41-22-32(31-62-44(41)26-39)29-53-16-4-3-5-17-53;1-4-5-29-20-38-40(52(54)55)23-36(24-41(38)58-28-29)60(56,57)49-44(53)37-11-10-34(22-42(37)59-35-21-31-13-15-47-43(31)48-26-35)51-18-16-50(17-19-51)27-32-12-14-45(2,3)25-39(32)30-6-8-33(46)9-7-30/h6-11,13,15,23-26,28,32H,3-5,12,14,16-22,27,29-31H2,1-2H3,(H,50,51)(H,52,57);6-11,13,15,21-24,26,29H,4-5,12,14,16-20,25,27-28H2,1-3H3,(H,47,48)(H,49,53)/t32-;29-/m00/s1. The van der Waals surface area contributed by atoms with Crippen LogP contribution in [0.1, 0.15) is 148 Å². The predicted molar refractivity (Wildman–Crippen MR) is 481 cm³/mol. The molecule has 0 spiro atoms. The number of aromatic nitrogens is 4. The van der Waals surface area contributed by atoms with E-state index < -0.39 is 51.5 Å². The minimum Gasteiger partial charge on any atom is -0.493 e. The van der Waals surface area contributed by atoms with Crippen molar-refractivity contribution in [1.82, 2.24) is 44.1 Å². The maximum atomic E-state index is 14.1. The van der Waals surface area contributed by atoms with Crippen molar-refractivity contribution in [2.75, 3.05) is 108 Å². The van der Waals surface area contributed by atoms with Crippen molar-refractivity contribution in [1.29, 1.82) is 0 Å². The van der Waals surface area contributed by atoms with Crippen molar-refractivity contribution in [3.05, 3.63) is 233 Å². The maximum absolute atomic E-state index is 14.1. The van der Waals surface area contributed by atoms with Crippen molar-refractivity contribution in [2.45, 2.75) is 128 Å². The molecule has 6 aromatic carbocycles. The number of nitrogens with one attached hydrogen (secondary N) is 4.